The molecule has 72 valence electrons. The van der Waals surface area contributed by atoms with Crippen molar-refractivity contribution in [3.63, 3.8) is 0 Å². The molecule has 0 unspecified atom stereocenters. The van der Waals surface area contributed by atoms with E-state index in [-0.39, 0.29) is 0 Å². The summed E-state index contributed by atoms with van der Waals surface area (Å²) in [7, 11) is 1.98. The van der Waals surface area contributed by atoms with Crippen LogP contribution >= 0.6 is 27.3 Å². The van der Waals surface area contributed by atoms with Crippen molar-refractivity contribution in [1.29, 1.82) is 0 Å². The van der Waals surface area contributed by atoms with Crippen molar-refractivity contribution < 1.29 is 0 Å². The van der Waals surface area contributed by atoms with Crippen LogP contribution in [-0.4, -0.2) is 13.6 Å². The maximum atomic E-state index is 3.45. The van der Waals surface area contributed by atoms with E-state index in [4.69, 9.17) is 0 Å². The van der Waals surface area contributed by atoms with Crippen molar-refractivity contribution >= 4 is 33.3 Å². The van der Waals surface area contributed by atoms with E-state index < -0.39 is 0 Å². The van der Waals surface area contributed by atoms with Crippen molar-refractivity contribution in [1.82, 2.24) is 5.32 Å². The number of thiophene rings is 1. The standard InChI is InChI=1S/C10H14BrNS/c1-3-8(6-12-2)4-10-5-9(11)7-13-10/h4-5,7,12H,3,6H2,1-2H3. The Morgan fingerprint density at radius 3 is 2.92 bits per heavy atom. The summed E-state index contributed by atoms with van der Waals surface area (Å²) in [6.07, 6.45) is 3.36. The Bertz CT molecular complexity index is 291. The molecule has 1 aromatic rings. The first-order valence-corrected chi connectivity index (χ1v) is 6.01. The number of hydrogen-bond donors (Lipinski definition) is 1. The molecule has 0 aromatic carbocycles. The lowest BCUT2D eigenvalue weighted by atomic mass is 10.2. The van der Waals surface area contributed by atoms with Crippen LogP contribution in [0.3, 0.4) is 0 Å². The Morgan fingerprint density at radius 2 is 2.46 bits per heavy atom. The van der Waals surface area contributed by atoms with Gasteiger partial charge < -0.3 is 5.32 Å². The van der Waals surface area contributed by atoms with Gasteiger partial charge in [-0.25, -0.2) is 0 Å². The predicted molar refractivity (Wildman–Crippen MR) is 64.2 cm³/mol. The maximum absolute atomic E-state index is 3.45. The average Bonchev–Trinajstić information content (AvgIpc) is 2.50. The molecule has 0 radical (unpaired) electrons. The lowest BCUT2D eigenvalue weighted by Crippen LogP contribution is -2.09. The minimum absolute atomic E-state index is 0.978. The van der Waals surface area contributed by atoms with Gasteiger partial charge in [0.2, 0.25) is 0 Å². The second-order valence-corrected chi connectivity index (χ2v) is 4.71. The highest BCUT2D eigenvalue weighted by molar-refractivity contribution is 9.10. The molecule has 0 atom stereocenters. The molecular formula is C10H14BrNS. The van der Waals surface area contributed by atoms with Gasteiger partial charge in [0.1, 0.15) is 0 Å². The van der Waals surface area contributed by atoms with Crippen molar-refractivity contribution in [2.45, 2.75) is 13.3 Å². The number of nitrogens with one attached hydrogen (secondary N) is 1. The SMILES string of the molecule is CCC(=Cc1cc(Br)cs1)CNC. The summed E-state index contributed by atoms with van der Waals surface area (Å²) in [6.45, 7) is 3.16. The van der Waals surface area contributed by atoms with E-state index in [0.717, 1.165) is 13.0 Å². The summed E-state index contributed by atoms with van der Waals surface area (Å²) in [5.74, 6) is 0. The molecule has 13 heavy (non-hydrogen) atoms. The molecule has 0 aliphatic heterocycles. The van der Waals surface area contributed by atoms with E-state index >= 15 is 0 Å². The van der Waals surface area contributed by atoms with E-state index in [2.05, 4.69) is 45.7 Å². The smallest absolute Gasteiger partial charge is 0.0288 e. The van der Waals surface area contributed by atoms with Crippen LogP contribution in [0.2, 0.25) is 0 Å². The van der Waals surface area contributed by atoms with Crippen LogP contribution in [0.15, 0.2) is 21.5 Å². The molecule has 0 saturated carbocycles. The van der Waals surface area contributed by atoms with Gasteiger partial charge in [0.05, 0.1) is 0 Å². The van der Waals surface area contributed by atoms with Gasteiger partial charge >= 0.3 is 0 Å². The van der Waals surface area contributed by atoms with Crippen molar-refractivity contribution in [2.75, 3.05) is 13.6 Å². The fourth-order valence-electron chi connectivity index (χ4n) is 1.11. The zero-order valence-corrected chi connectivity index (χ0v) is 10.3. The van der Waals surface area contributed by atoms with E-state index in [9.17, 15) is 0 Å². The summed E-state index contributed by atoms with van der Waals surface area (Å²) in [6, 6.07) is 2.15. The second kappa shape index (κ2) is 5.58. The Hall–Kier alpha value is -0.120. The summed E-state index contributed by atoms with van der Waals surface area (Å²) in [5, 5.41) is 5.28. The Morgan fingerprint density at radius 1 is 1.69 bits per heavy atom. The second-order valence-electron chi connectivity index (χ2n) is 2.85. The van der Waals surface area contributed by atoms with E-state index in [1.54, 1.807) is 11.3 Å². The third kappa shape index (κ3) is 3.63. The average molecular weight is 260 g/mol. The molecule has 0 bridgehead atoms. The Labute approximate surface area is 92.0 Å². The molecule has 0 amide bonds. The fraction of sp³-hybridized carbons (Fsp3) is 0.400. The normalized spacial score (nSPS) is 12.1. The minimum atomic E-state index is 0.978. The predicted octanol–water partition coefficient (Wildman–Crippen LogP) is 3.52. The molecule has 1 heterocycles. The van der Waals surface area contributed by atoms with Gasteiger partial charge in [-0.1, -0.05) is 12.5 Å². The van der Waals surface area contributed by atoms with Gasteiger partial charge in [-0.2, -0.15) is 0 Å². The molecule has 1 aromatic heterocycles. The molecule has 0 aliphatic rings. The number of likely N-dealkylation sites (N-methyl/N-ethyl adjacent to an activating group) is 1. The van der Waals surface area contributed by atoms with Gasteiger partial charge in [0.15, 0.2) is 0 Å². The summed E-state index contributed by atoms with van der Waals surface area (Å²) in [5.41, 5.74) is 1.44. The highest BCUT2D eigenvalue weighted by Crippen LogP contribution is 2.22. The van der Waals surface area contributed by atoms with Crippen molar-refractivity contribution in [3.8, 4) is 0 Å². The zero-order valence-electron chi connectivity index (χ0n) is 7.93. The fourth-order valence-corrected chi connectivity index (χ4v) is 2.54. The first kappa shape index (κ1) is 11.0. The van der Waals surface area contributed by atoms with Gasteiger partial charge in [-0.15, -0.1) is 11.3 Å². The van der Waals surface area contributed by atoms with Gasteiger partial charge in [-0.3, -0.25) is 0 Å². The topological polar surface area (TPSA) is 12.0 Å². The molecule has 0 fully saturated rings. The van der Waals surface area contributed by atoms with Crippen LogP contribution in [0.25, 0.3) is 6.08 Å². The van der Waals surface area contributed by atoms with Gasteiger partial charge in [-0.05, 0) is 41.5 Å². The summed E-state index contributed by atoms with van der Waals surface area (Å²) in [4.78, 5) is 1.32. The lowest BCUT2D eigenvalue weighted by Gasteiger charge is -2.01. The highest BCUT2D eigenvalue weighted by atomic mass is 79.9. The minimum Gasteiger partial charge on any atom is -0.316 e. The number of rotatable bonds is 4. The lowest BCUT2D eigenvalue weighted by molar-refractivity contribution is 0.851. The molecule has 0 aliphatic carbocycles. The van der Waals surface area contributed by atoms with Gasteiger partial charge in [0.25, 0.3) is 0 Å². The van der Waals surface area contributed by atoms with Crippen LogP contribution in [0.5, 0.6) is 0 Å². The molecule has 1 N–H and O–H groups in total. The molecule has 3 heteroatoms. The maximum Gasteiger partial charge on any atom is 0.0288 e. The quantitative estimate of drug-likeness (QED) is 0.873. The summed E-state index contributed by atoms with van der Waals surface area (Å²) >= 11 is 5.22. The molecule has 1 rings (SSSR count). The van der Waals surface area contributed by atoms with Gasteiger partial charge in [0, 0.05) is 21.3 Å². The Balaban J connectivity index is 2.72. The molecule has 1 nitrogen and oxygen atoms in total. The summed E-state index contributed by atoms with van der Waals surface area (Å²) < 4.78 is 1.17. The molecule has 0 spiro atoms. The van der Waals surface area contributed by atoms with Crippen LogP contribution in [0.4, 0.5) is 0 Å². The van der Waals surface area contributed by atoms with Crippen molar-refractivity contribution in [3.05, 3.63) is 26.4 Å². The largest absolute Gasteiger partial charge is 0.316 e. The third-order valence-corrected chi connectivity index (χ3v) is 3.43. The number of halogens is 1. The first-order valence-electron chi connectivity index (χ1n) is 4.34. The highest BCUT2D eigenvalue weighted by Gasteiger charge is 1.96. The van der Waals surface area contributed by atoms with Crippen molar-refractivity contribution in [2.24, 2.45) is 0 Å². The van der Waals surface area contributed by atoms with Crippen LogP contribution in [-0.2, 0) is 0 Å². The van der Waals surface area contributed by atoms with E-state index in [0.29, 0.717) is 0 Å². The van der Waals surface area contributed by atoms with E-state index in [1.807, 2.05) is 7.05 Å². The third-order valence-electron chi connectivity index (χ3n) is 1.79. The van der Waals surface area contributed by atoms with Crippen LogP contribution in [0, 0.1) is 0 Å². The van der Waals surface area contributed by atoms with E-state index in [1.165, 1.54) is 14.9 Å². The molecular weight excluding hydrogens is 246 g/mol. The zero-order chi connectivity index (χ0) is 9.68. The first-order chi connectivity index (χ1) is 6.26. The molecule has 0 saturated heterocycles. The monoisotopic (exact) mass is 259 g/mol. The number of hydrogen-bond acceptors (Lipinski definition) is 2. The van der Waals surface area contributed by atoms with Crippen LogP contribution in [0.1, 0.15) is 18.2 Å². The van der Waals surface area contributed by atoms with Crippen LogP contribution < -0.4 is 5.32 Å². The Kier molecular flexibility index (Phi) is 4.70.